The summed E-state index contributed by atoms with van der Waals surface area (Å²) in [7, 11) is 2.05. The van der Waals surface area contributed by atoms with E-state index in [-0.39, 0.29) is 6.29 Å². The highest BCUT2D eigenvalue weighted by molar-refractivity contribution is 7.99. The Kier molecular flexibility index (Phi) is 20.9. The van der Waals surface area contributed by atoms with Gasteiger partial charge in [0.15, 0.2) is 12.0 Å². The zero-order valence-electron chi connectivity index (χ0n) is 29.6. The summed E-state index contributed by atoms with van der Waals surface area (Å²) in [5.74, 6) is 1.12. The molecule has 47 heavy (non-hydrogen) atoms. The van der Waals surface area contributed by atoms with Crippen molar-refractivity contribution in [2.45, 2.75) is 78.9 Å². The molecule has 0 bridgehead atoms. The summed E-state index contributed by atoms with van der Waals surface area (Å²) in [6, 6.07) is 13.9. The number of allylic oxidation sites excluding steroid dienone is 1. The van der Waals surface area contributed by atoms with Gasteiger partial charge in [0.1, 0.15) is 23.5 Å². The van der Waals surface area contributed by atoms with Gasteiger partial charge in [0.2, 0.25) is 0 Å². The molecule has 0 aliphatic heterocycles. The lowest BCUT2D eigenvalue weighted by Crippen LogP contribution is -2.20. The van der Waals surface area contributed by atoms with Crippen LogP contribution in [0, 0.1) is 11.3 Å². The molecule has 1 atom stereocenters. The average molecular weight is 689 g/mol. The third-order valence-electron chi connectivity index (χ3n) is 7.22. The van der Waals surface area contributed by atoms with Crippen molar-refractivity contribution in [1.82, 2.24) is 0 Å². The predicted octanol–water partition coefficient (Wildman–Crippen LogP) is 8.77. The van der Waals surface area contributed by atoms with Crippen LogP contribution < -0.4 is 9.47 Å². The molecule has 0 saturated carbocycles. The Morgan fingerprint density at radius 1 is 1.04 bits per heavy atom. The van der Waals surface area contributed by atoms with Crippen LogP contribution in [0.3, 0.4) is 0 Å². The fourth-order valence-electron chi connectivity index (χ4n) is 4.20. The summed E-state index contributed by atoms with van der Waals surface area (Å²) in [5, 5.41) is 10.9. The Morgan fingerprint density at radius 3 is 2.30 bits per heavy atom. The first-order chi connectivity index (χ1) is 22.6. The van der Waals surface area contributed by atoms with Gasteiger partial charge in [-0.25, -0.2) is 0 Å². The first kappa shape index (κ1) is 42.0. The van der Waals surface area contributed by atoms with Gasteiger partial charge in [-0.3, -0.25) is 9.20 Å². The van der Waals surface area contributed by atoms with Crippen molar-refractivity contribution in [1.29, 1.82) is 5.26 Å². The van der Waals surface area contributed by atoms with Gasteiger partial charge in [-0.15, -0.1) is 0 Å². The lowest BCUT2D eigenvalue weighted by atomic mass is 9.77. The molecule has 0 aliphatic carbocycles. The highest BCUT2D eigenvalue weighted by atomic mass is 35.5. The monoisotopic (exact) mass is 688 g/mol. The molecule has 10 heteroatoms. The molecule has 1 unspecified atom stereocenters. The number of methoxy groups -OCH3 is 2. The van der Waals surface area contributed by atoms with E-state index >= 15 is 0 Å². The number of unbranched alkanes of at least 4 members (excludes halogenated alkanes) is 2. The second-order valence-electron chi connectivity index (χ2n) is 10.9. The molecule has 2 aromatic carbocycles. The summed E-state index contributed by atoms with van der Waals surface area (Å²) >= 11 is 6.66. The second-order valence-corrected chi connectivity index (χ2v) is 12.8. The first-order valence-corrected chi connectivity index (χ1v) is 18.0. The van der Waals surface area contributed by atoms with Crippen molar-refractivity contribution < 1.29 is 27.9 Å². The van der Waals surface area contributed by atoms with E-state index in [2.05, 4.69) is 31.8 Å². The van der Waals surface area contributed by atoms with Gasteiger partial charge in [0, 0.05) is 44.3 Å². The van der Waals surface area contributed by atoms with Crippen molar-refractivity contribution in [3.8, 4) is 17.6 Å². The number of hydrogen-bond acceptors (Lipinski definition) is 8. The minimum atomic E-state index is -1.11. The molecule has 0 fully saturated rings. The number of benzene rings is 2. The summed E-state index contributed by atoms with van der Waals surface area (Å²) in [6.45, 7) is 13.8. The summed E-state index contributed by atoms with van der Waals surface area (Å²) in [6.07, 6.45) is 10.4. The van der Waals surface area contributed by atoms with Gasteiger partial charge >= 0.3 is 0 Å². The van der Waals surface area contributed by atoms with Crippen LogP contribution >= 0.6 is 11.6 Å². The topological polar surface area (TPSA) is 99.4 Å². The van der Waals surface area contributed by atoms with Crippen molar-refractivity contribution >= 4 is 27.4 Å². The molecule has 0 N–H and O–H groups in total. The van der Waals surface area contributed by atoms with Gasteiger partial charge < -0.3 is 23.7 Å². The van der Waals surface area contributed by atoms with E-state index in [0.29, 0.717) is 53.6 Å². The van der Waals surface area contributed by atoms with E-state index in [1.807, 2.05) is 62.4 Å². The number of nitrogens with zero attached hydrogens (tertiary/aromatic N) is 2. The fraction of sp³-hybridized carbons (Fsp3) is 0.514. The Balaban J connectivity index is 0.00000541. The van der Waals surface area contributed by atoms with Gasteiger partial charge in [0.05, 0.1) is 34.6 Å². The Morgan fingerprint density at radius 2 is 1.70 bits per heavy atom. The number of ether oxygens (including phenoxy) is 5. The van der Waals surface area contributed by atoms with E-state index in [4.69, 9.17) is 35.3 Å². The highest BCUT2D eigenvalue weighted by Gasteiger charge is 2.26. The quantitative estimate of drug-likeness (QED) is 0.0478. The van der Waals surface area contributed by atoms with E-state index in [0.717, 1.165) is 42.4 Å². The Labute approximate surface area is 290 Å². The summed E-state index contributed by atoms with van der Waals surface area (Å²) in [4.78, 5) is 4.31. The van der Waals surface area contributed by atoms with Crippen LogP contribution in [0.2, 0.25) is 5.02 Å². The third-order valence-corrected chi connectivity index (χ3v) is 8.44. The van der Waals surface area contributed by atoms with Gasteiger partial charge in [-0.2, -0.15) is 5.26 Å². The van der Waals surface area contributed by atoms with Crippen LogP contribution in [0.15, 0.2) is 65.3 Å². The minimum Gasteiger partial charge on any atom is -0.491 e. The lowest BCUT2D eigenvalue weighted by molar-refractivity contribution is -0.140. The molecule has 0 radical (unpaired) electrons. The number of aliphatic imine (C=N–C) groups is 1. The maximum absolute atomic E-state index is 11.6. The van der Waals surface area contributed by atoms with Crippen molar-refractivity contribution in [2.24, 2.45) is 4.99 Å². The maximum atomic E-state index is 11.6. The predicted molar refractivity (Wildman–Crippen MR) is 194 cm³/mol. The molecule has 260 valence electrons. The molecule has 8 nitrogen and oxygen atoms in total. The zero-order chi connectivity index (χ0) is 35.2. The Bertz CT molecular complexity index is 1360. The van der Waals surface area contributed by atoms with Crippen molar-refractivity contribution in [3.63, 3.8) is 0 Å². The minimum absolute atomic E-state index is 0.325. The fourth-order valence-corrected chi connectivity index (χ4v) is 4.67. The lowest BCUT2D eigenvalue weighted by Gasteiger charge is -2.27. The van der Waals surface area contributed by atoms with Crippen LogP contribution in [0.25, 0.3) is 0 Å². The number of rotatable bonds is 19. The van der Waals surface area contributed by atoms with Crippen LogP contribution in [0.4, 0.5) is 0 Å². The average Bonchev–Trinajstić information content (AvgIpc) is 3.08. The number of halogens is 1. The summed E-state index contributed by atoms with van der Waals surface area (Å²) in [5.41, 5.74) is 2.79. The smallest absolute Gasteiger partial charge is 0.180 e. The Hall–Kier alpha value is -3.00. The van der Waals surface area contributed by atoms with E-state index in [1.54, 1.807) is 33.6 Å². The second kappa shape index (κ2) is 23.3. The number of hydrogen-bond donors (Lipinski definition) is 0. The summed E-state index contributed by atoms with van der Waals surface area (Å²) < 4.78 is 39.4. The normalized spacial score (nSPS) is 12.9. The van der Waals surface area contributed by atoms with Gasteiger partial charge in [-0.05, 0) is 68.0 Å². The molecule has 2 rings (SSSR count). The van der Waals surface area contributed by atoms with Crippen LogP contribution in [0.1, 0.15) is 83.9 Å². The van der Waals surface area contributed by atoms with E-state index in [9.17, 15) is 9.47 Å². The van der Waals surface area contributed by atoms with Crippen LogP contribution in [-0.4, -0.2) is 62.4 Å². The maximum Gasteiger partial charge on any atom is 0.180 e. The van der Waals surface area contributed by atoms with Gasteiger partial charge in [0.25, 0.3) is 0 Å². The molecular formula is C37H53ClN2O6S. The third kappa shape index (κ3) is 14.8. The molecule has 0 amide bonds. The van der Waals surface area contributed by atoms with Crippen LogP contribution in [0.5, 0.6) is 11.5 Å². The molecule has 2 aromatic rings. The molecule has 0 saturated heterocycles. The number of nitriles is 1. The highest BCUT2D eigenvalue weighted by Crippen LogP contribution is 2.38. The molecular weight excluding hydrogens is 636 g/mol. The van der Waals surface area contributed by atoms with Crippen molar-refractivity contribution in [3.05, 3.63) is 82.0 Å². The van der Waals surface area contributed by atoms with E-state index in [1.165, 1.54) is 0 Å². The van der Waals surface area contributed by atoms with Gasteiger partial charge in [-0.1, -0.05) is 70.5 Å². The molecule has 0 heterocycles. The largest absolute Gasteiger partial charge is 0.491 e. The standard InChI is InChI=1S/C35H47ClN2O6S.C2H6/c1-8-9-13-27(23-38-26(2)45(7)39)24-44-31-16-14-29(15-17-31)35(3,4)30-20-28(22-37)34(32(36)21-30)43-19-12-10-11-18-42-25-33(40-5)41-6;1-2/h9,13-17,20-21,23,33H,8,10-12,18-19,24-25H2,1-7H3;1-2H3/b13-9+,27-23+,38-26?;. The van der Waals surface area contributed by atoms with Crippen molar-refractivity contribution in [2.75, 3.05) is 46.9 Å². The van der Waals surface area contributed by atoms with E-state index < -0.39 is 16.2 Å². The first-order valence-electron chi connectivity index (χ1n) is 16.0. The zero-order valence-corrected chi connectivity index (χ0v) is 31.1. The van der Waals surface area contributed by atoms with Crippen LogP contribution in [-0.2, 0) is 30.4 Å². The molecule has 0 spiro atoms. The molecule has 0 aromatic heterocycles. The SMILES string of the molecule is CC.CC/C=C/C(=C\N=C(C)S(C)=O)COc1ccc(C(C)(C)c2cc(Cl)c(OCCCCCOCC(OC)OC)c(C#N)c2)cc1. The molecule has 0 aliphatic rings.